The first-order chi connectivity index (χ1) is 14.6. The van der Waals surface area contributed by atoms with E-state index >= 15 is 0 Å². The second kappa shape index (κ2) is 7.61. The highest BCUT2D eigenvalue weighted by molar-refractivity contribution is 5.25. The molecule has 1 heteroatoms. The third-order valence-corrected chi connectivity index (χ3v) is 12.6. The molecular formula is C30H50O. The summed E-state index contributed by atoms with van der Waals surface area (Å²) >= 11 is 0. The largest absolute Gasteiger partial charge is 0.393 e. The van der Waals surface area contributed by atoms with Gasteiger partial charge in [0, 0.05) is 0 Å². The molecule has 0 radical (unpaired) electrons. The van der Waals surface area contributed by atoms with E-state index in [0.29, 0.717) is 16.2 Å². The Balaban J connectivity index is 1.30. The van der Waals surface area contributed by atoms with Crippen LogP contribution in [0.1, 0.15) is 112 Å². The second-order valence-electron chi connectivity index (χ2n) is 13.9. The minimum Gasteiger partial charge on any atom is -0.393 e. The molecule has 4 fully saturated rings. The molecule has 0 aromatic heterocycles. The van der Waals surface area contributed by atoms with E-state index in [1.165, 1.54) is 57.8 Å². The lowest BCUT2D eigenvalue weighted by Gasteiger charge is -2.58. The van der Waals surface area contributed by atoms with Crippen LogP contribution >= 0.6 is 0 Å². The predicted octanol–water partition coefficient (Wildman–Crippen LogP) is 8.02. The van der Waals surface area contributed by atoms with Crippen molar-refractivity contribution in [3.8, 4) is 0 Å². The normalized spacial score (nSPS) is 52.2. The van der Waals surface area contributed by atoms with Gasteiger partial charge in [-0.05, 0) is 128 Å². The van der Waals surface area contributed by atoms with Crippen molar-refractivity contribution < 1.29 is 5.11 Å². The van der Waals surface area contributed by atoms with Crippen LogP contribution in [0.25, 0.3) is 0 Å². The van der Waals surface area contributed by atoms with E-state index in [-0.39, 0.29) is 6.10 Å². The maximum Gasteiger partial charge on any atom is 0.0577 e. The molecule has 5 aliphatic carbocycles. The van der Waals surface area contributed by atoms with Crippen LogP contribution in [0.15, 0.2) is 11.6 Å². The molecule has 0 aromatic carbocycles. The molecule has 0 saturated heterocycles. The molecule has 5 rings (SSSR count). The standard InChI is InChI=1S/C30H50O/c1-19(2)30(18-21(30)4)16-11-20(3)25-9-10-26-24-8-7-22-17-23(31)12-14-28(22,5)27(24)13-15-29(25,26)6/h7,19-21,23-27,31H,8-18H2,1-6H3/t20-,21+,23+,24+,25-,26+,27+,28+,29-,30-/m1/s1. The summed E-state index contributed by atoms with van der Waals surface area (Å²) in [5.74, 6) is 6.39. The average molecular weight is 427 g/mol. The van der Waals surface area contributed by atoms with Crippen molar-refractivity contribution in [2.45, 2.75) is 118 Å². The summed E-state index contributed by atoms with van der Waals surface area (Å²) in [7, 11) is 0. The Bertz CT molecular complexity index is 722. The Morgan fingerprint density at radius 2 is 1.77 bits per heavy atom. The van der Waals surface area contributed by atoms with Gasteiger partial charge in [-0.15, -0.1) is 0 Å². The molecule has 10 atom stereocenters. The number of fused-ring (bicyclic) bond motifs is 5. The van der Waals surface area contributed by atoms with Gasteiger partial charge in [0.1, 0.15) is 0 Å². The lowest BCUT2D eigenvalue weighted by Crippen LogP contribution is -2.50. The van der Waals surface area contributed by atoms with Gasteiger partial charge in [0.05, 0.1) is 6.10 Å². The van der Waals surface area contributed by atoms with E-state index in [0.717, 1.165) is 54.3 Å². The van der Waals surface area contributed by atoms with Crippen LogP contribution in [0.4, 0.5) is 0 Å². The van der Waals surface area contributed by atoms with Crippen molar-refractivity contribution in [3.05, 3.63) is 11.6 Å². The molecule has 176 valence electrons. The molecule has 0 bridgehead atoms. The fourth-order valence-corrected chi connectivity index (χ4v) is 10.3. The molecule has 0 spiro atoms. The average Bonchev–Trinajstić information content (AvgIpc) is 3.25. The minimum atomic E-state index is -0.0789. The molecule has 1 N–H and O–H groups in total. The Hall–Kier alpha value is -0.300. The number of hydrogen-bond donors (Lipinski definition) is 1. The Morgan fingerprint density at radius 1 is 1.03 bits per heavy atom. The van der Waals surface area contributed by atoms with Gasteiger partial charge in [-0.3, -0.25) is 0 Å². The van der Waals surface area contributed by atoms with E-state index in [4.69, 9.17) is 0 Å². The first kappa shape index (κ1) is 22.5. The van der Waals surface area contributed by atoms with Gasteiger partial charge < -0.3 is 5.11 Å². The van der Waals surface area contributed by atoms with Crippen LogP contribution in [-0.2, 0) is 0 Å². The maximum absolute atomic E-state index is 10.3. The van der Waals surface area contributed by atoms with Crippen molar-refractivity contribution in [2.75, 3.05) is 0 Å². The van der Waals surface area contributed by atoms with Crippen LogP contribution < -0.4 is 0 Å². The number of rotatable bonds is 5. The summed E-state index contributed by atoms with van der Waals surface area (Å²) in [6, 6.07) is 0. The molecule has 5 aliphatic rings. The summed E-state index contributed by atoms with van der Waals surface area (Å²) in [5, 5.41) is 10.3. The van der Waals surface area contributed by atoms with E-state index in [1.54, 1.807) is 5.57 Å². The Morgan fingerprint density at radius 3 is 2.45 bits per heavy atom. The van der Waals surface area contributed by atoms with E-state index in [9.17, 15) is 5.11 Å². The molecule has 0 aromatic rings. The highest BCUT2D eigenvalue weighted by atomic mass is 16.3. The predicted molar refractivity (Wildman–Crippen MR) is 131 cm³/mol. The topological polar surface area (TPSA) is 20.2 Å². The third-order valence-electron chi connectivity index (χ3n) is 12.6. The van der Waals surface area contributed by atoms with E-state index in [2.05, 4.69) is 47.6 Å². The zero-order valence-electron chi connectivity index (χ0n) is 21.4. The molecule has 31 heavy (non-hydrogen) atoms. The van der Waals surface area contributed by atoms with E-state index in [1.807, 2.05) is 0 Å². The van der Waals surface area contributed by atoms with Gasteiger partial charge >= 0.3 is 0 Å². The van der Waals surface area contributed by atoms with Crippen LogP contribution in [0.5, 0.6) is 0 Å². The summed E-state index contributed by atoms with van der Waals surface area (Å²) in [6.45, 7) is 15.3. The van der Waals surface area contributed by atoms with E-state index < -0.39 is 0 Å². The number of aliphatic hydroxyl groups excluding tert-OH is 1. The van der Waals surface area contributed by atoms with Crippen molar-refractivity contribution >= 4 is 0 Å². The maximum atomic E-state index is 10.3. The van der Waals surface area contributed by atoms with Gasteiger partial charge in [-0.25, -0.2) is 0 Å². The number of aliphatic hydroxyl groups is 1. The molecule has 4 saturated carbocycles. The smallest absolute Gasteiger partial charge is 0.0577 e. The summed E-state index contributed by atoms with van der Waals surface area (Å²) in [4.78, 5) is 0. The third kappa shape index (κ3) is 3.33. The summed E-state index contributed by atoms with van der Waals surface area (Å²) in [6.07, 6.45) is 17.3. The molecule has 1 nitrogen and oxygen atoms in total. The van der Waals surface area contributed by atoms with Crippen LogP contribution in [0.3, 0.4) is 0 Å². The molecule has 0 amide bonds. The second-order valence-corrected chi connectivity index (χ2v) is 13.9. The molecule has 0 heterocycles. The first-order valence-corrected chi connectivity index (χ1v) is 14.0. The summed E-state index contributed by atoms with van der Waals surface area (Å²) < 4.78 is 0. The quantitative estimate of drug-likeness (QED) is 0.441. The van der Waals surface area contributed by atoms with Crippen molar-refractivity contribution in [1.82, 2.24) is 0 Å². The van der Waals surface area contributed by atoms with Gasteiger partial charge in [0.2, 0.25) is 0 Å². The van der Waals surface area contributed by atoms with Crippen molar-refractivity contribution in [3.63, 3.8) is 0 Å². The molecule has 0 aliphatic heterocycles. The van der Waals surface area contributed by atoms with Gasteiger partial charge in [0.25, 0.3) is 0 Å². The van der Waals surface area contributed by atoms with Crippen LogP contribution in [-0.4, -0.2) is 11.2 Å². The Kier molecular flexibility index (Phi) is 5.52. The monoisotopic (exact) mass is 426 g/mol. The Labute approximate surface area is 192 Å². The van der Waals surface area contributed by atoms with Crippen LogP contribution in [0.2, 0.25) is 0 Å². The van der Waals surface area contributed by atoms with Gasteiger partial charge in [0.15, 0.2) is 0 Å². The van der Waals surface area contributed by atoms with Gasteiger partial charge in [-0.2, -0.15) is 0 Å². The molecule has 0 unspecified atom stereocenters. The number of allylic oxidation sites excluding steroid dienone is 1. The fourth-order valence-electron chi connectivity index (χ4n) is 10.3. The zero-order valence-corrected chi connectivity index (χ0v) is 21.4. The lowest BCUT2D eigenvalue weighted by molar-refractivity contribution is -0.0576. The van der Waals surface area contributed by atoms with Gasteiger partial charge in [-0.1, -0.05) is 53.2 Å². The highest BCUT2D eigenvalue weighted by Gasteiger charge is 2.59. The lowest BCUT2D eigenvalue weighted by atomic mass is 9.47. The zero-order chi connectivity index (χ0) is 22.2. The fraction of sp³-hybridized carbons (Fsp3) is 0.933. The SMILES string of the molecule is CC(C)[C@@]1(CC[C@@H](C)[C@H]2CC[C@H]3[C@@H]4CC=C5C[C@@H](O)CC[C@]5(C)[C@H]4CC[C@]23C)C[C@@H]1C. The van der Waals surface area contributed by atoms with Crippen molar-refractivity contribution in [1.29, 1.82) is 0 Å². The first-order valence-electron chi connectivity index (χ1n) is 14.0. The van der Waals surface area contributed by atoms with Crippen molar-refractivity contribution in [2.24, 2.45) is 57.7 Å². The van der Waals surface area contributed by atoms with Crippen LogP contribution in [0, 0.1) is 57.7 Å². The summed E-state index contributed by atoms with van der Waals surface area (Å²) in [5.41, 5.74) is 3.27. The minimum absolute atomic E-state index is 0.0789. The molecular weight excluding hydrogens is 376 g/mol. The number of hydrogen-bond acceptors (Lipinski definition) is 1. The highest BCUT2D eigenvalue weighted by Crippen LogP contribution is 2.68.